The van der Waals surface area contributed by atoms with E-state index in [4.69, 9.17) is 21.6 Å². The zero-order chi connectivity index (χ0) is 23.1. The number of allylic oxidation sites excluding steroid dienone is 3. The van der Waals surface area contributed by atoms with Crippen molar-refractivity contribution < 1.29 is 0 Å². The number of aryl methyl sites for hydroxylation is 1. The van der Waals surface area contributed by atoms with E-state index in [1.807, 2.05) is 19.3 Å². The van der Waals surface area contributed by atoms with Crippen molar-refractivity contribution in [1.82, 2.24) is 19.9 Å². The highest BCUT2D eigenvalue weighted by atomic mass is 35.5. The van der Waals surface area contributed by atoms with Crippen molar-refractivity contribution in [2.75, 3.05) is 18.6 Å². The van der Waals surface area contributed by atoms with Crippen molar-refractivity contribution >= 4 is 34.7 Å². The van der Waals surface area contributed by atoms with Crippen LogP contribution in [0.1, 0.15) is 57.0 Å². The van der Waals surface area contributed by atoms with Crippen molar-refractivity contribution in [3.63, 3.8) is 0 Å². The maximum Gasteiger partial charge on any atom is 0.169 e. The Balaban J connectivity index is 1.93. The van der Waals surface area contributed by atoms with Gasteiger partial charge in [-0.05, 0) is 69.2 Å². The second kappa shape index (κ2) is 12.2. The van der Waals surface area contributed by atoms with Gasteiger partial charge in [0.05, 0.1) is 11.7 Å². The fraction of sp³-hybridized carbons (Fsp3) is 0.520. The molecular weight excluding hydrogens is 456 g/mol. The first-order valence-corrected chi connectivity index (χ1v) is 13.8. The zero-order valence-electron chi connectivity index (χ0n) is 19.7. The molecule has 0 bridgehead atoms. The lowest BCUT2D eigenvalue weighted by Gasteiger charge is -2.23. The summed E-state index contributed by atoms with van der Waals surface area (Å²) >= 11 is 10.1. The fourth-order valence-corrected chi connectivity index (χ4v) is 6.38. The van der Waals surface area contributed by atoms with Crippen molar-refractivity contribution in [2.45, 2.75) is 59.0 Å². The molecule has 2 aromatic heterocycles. The molecule has 7 heteroatoms. The minimum absolute atomic E-state index is 0.0277. The van der Waals surface area contributed by atoms with E-state index in [9.17, 15) is 0 Å². The Morgan fingerprint density at radius 3 is 2.81 bits per heavy atom. The molecule has 1 saturated heterocycles. The third kappa shape index (κ3) is 6.16. The van der Waals surface area contributed by atoms with Gasteiger partial charge in [-0.1, -0.05) is 43.2 Å². The van der Waals surface area contributed by atoms with Gasteiger partial charge in [0.25, 0.3) is 0 Å². The number of nitrogens with zero attached hydrogens (tertiary/aromatic N) is 3. The third-order valence-corrected chi connectivity index (χ3v) is 8.22. The van der Waals surface area contributed by atoms with E-state index in [1.165, 1.54) is 35.6 Å². The number of rotatable bonds is 10. The van der Waals surface area contributed by atoms with E-state index in [0.717, 1.165) is 47.4 Å². The normalized spacial score (nSPS) is 17.3. The van der Waals surface area contributed by atoms with Crippen molar-refractivity contribution in [1.29, 1.82) is 0 Å². The molecular formula is C25H35ClN4S2. The standard InChI is InChI=1S/C25H35ClN4S2/c1-6-8-17(3)21(13-20(26)7-2)23(27-5)22-16-32-25(29-22)24-28-14-18(4)30(24)15-19-9-11-31-12-10-19/h7,13-14,16,19,23,27H,2,6,8-12,15H2,1,3-5H3/b20-13+,21-17-. The zero-order valence-corrected chi connectivity index (χ0v) is 22.0. The number of thiazole rings is 1. The Morgan fingerprint density at radius 1 is 1.41 bits per heavy atom. The largest absolute Gasteiger partial charge is 0.326 e. The van der Waals surface area contributed by atoms with Gasteiger partial charge in [0.1, 0.15) is 0 Å². The van der Waals surface area contributed by atoms with E-state index < -0.39 is 0 Å². The summed E-state index contributed by atoms with van der Waals surface area (Å²) < 4.78 is 2.37. The molecule has 1 N–H and O–H groups in total. The summed E-state index contributed by atoms with van der Waals surface area (Å²) in [7, 11) is 1.98. The topological polar surface area (TPSA) is 42.7 Å². The molecule has 3 rings (SSSR count). The molecule has 0 saturated carbocycles. The van der Waals surface area contributed by atoms with E-state index in [2.05, 4.69) is 54.4 Å². The average Bonchev–Trinajstić information content (AvgIpc) is 3.41. The molecule has 0 aliphatic carbocycles. The van der Waals surface area contributed by atoms with Crippen LogP contribution in [0.2, 0.25) is 0 Å². The Morgan fingerprint density at radius 2 is 2.16 bits per heavy atom. The lowest BCUT2D eigenvalue weighted by Crippen LogP contribution is -2.20. The molecule has 1 atom stereocenters. The minimum atomic E-state index is -0.0277. The first-order chi connectivity index (χ1) is 15.5. The number of hydrogen-bond donors (Lipinski definition) is 1. The number of thioether (sulfide) groups is 1. The molecule has 3 heterocycles. The third-order valence-electron chi connectivity index (χ3n) is 6.05. The monoisotopic (exact) mass is 490 g/mol. The summed E-state index contributed by atoms with van der Waals surface area (Å²) in [5.41, 5.74) is 4.69. The Bertz CT molecular complexity index is 967. The summed E-state index contributed by atoms with van der Waals surface area (Å²) in [5.74, 6) is 4.25. The van der Waals surface area contributed by atoms with E-state index in [-0.39, 0.29) is 6.04 Å². The molecule has 0 radical (unpaired) electrons. The van der Waals surface area contributed by atoms with Gasteiger partial charge in [0.2, 0.25) is 0 Å². The molecule has 0 aromatic carbocycles. The van der Waals surface area contributed by atoms with Gasteiger partial charge in [0, 0.05) is 28.8 Å². The lowest BCUT2D eigenvalue weighted by molar-refractivity contribution is 0.415. The van der Waals surface area contributed by atoms with Gasteiger partial charge in [0.15, 0.2) is 10.8 Å². The number of likely N-dealkylation sites (N-methyl/N-ethyl adjacent to an activating group) is 1. The maximum absolute atomic E-state index is 6.36. The van der Waals surface area contributed by atoms with Gasteiger partial charge in [-0.2, -0.15) is 11.8 Å². The number of nitrogens with one attached hydrogen (secondary N) is 1. The van der Waals surface area contributed by atoms with Crippen LogP contribution < -0.4 is 5.32 Å². The molecule has 1 fully saturated rings. The molecule has 0 amide bonds. The molecule has 4 nitrogen and oxygen atoms in total. The quantitative estimate of drug-likeness (QED) is 0.359. The van der Waals surface area contributed by atoms with E-state index >= 15 is 0 Å². The second-order valence-corrected chi connectivity index (χ2v) is 10.9. The highest BCUT2D eigenvalue weighted by Gasteiger charge is 2.23. The van der Waals surface area contributed by atoms with Gasteiger partial charge >= 0.3 is 0 Å². The first-order valence-electron chi connectivity index (χ1n) is 11.4. The highest BCUT2D eigenvalue weighted by molar-refractivity contribution is 7.99. The van der Waals surface area contributed by atoms with E-state index in [1.54, 1.807) is 17.4 Å². The van der Waals surface area contributed by atoms with Crippen LogP contribution in [0.15, 0.2) is 46.5 Å². The minimum Gasteiger partial charge on any atom is -0.326 e. The highest BCUT2D eigenvalue weighted by Crippen LogP contribution is 2.33. The second-order valence-electron chi connectivity index (χ2n) is 8.41. The van der Waals surface area contributed by atoms with Crippen LogP contribution in [-0.2, 0) is 6.54 Å². The van der Waals surface area contributed by atoms with Crippen LogP contribution in [0.5, 0.6) is 0 Å². The van der Waals surface area contributed by atoms with E-state index in [0.29, 0.717) is 5.03 Å². The summed E-state index contributed by atoms with van der Waals surface area (Å²) in [6.45, 7) is 11.4. The Kier molecular flexibility index (Phi) is 9.65. The molecule has 1 aliphatic rings. The van der Waals surface area contributed by atoms with Crippen LogP contribution in [0.4, 0.5) is 0 Å². The summed E-state index contributed by atoms with van der Waals surface area (Å²) in [4.78, 5) is 9.80. The molecule has 1 aliphatic heterocycles. The number of hydrogen-bond acceptors (Lipinski definition) is 5. The fourth-order valence-electron chi connectivity index (χ4n) is 4.21. The SMILES string of the molecule is C=C/C(Cl)=C\C(=C(/C)CCC)C(NC)c1csc(-c2ncc(C)n2CC2CCSCC2)n1. The predicted molar refractivity (Wildman–Crippen MR) is 142 cm³/mol. The van der Waals surface area contributed by atoms with Crippen LogP contribution in [0, 0.1) is 12.8 Å². The van der Waals surface area contributed by atoms with Crippen LogP contribution in [-0.4, -0.2) is 33.1 Å². The molecule has 174 valence electrons. The van der Waals surface area contributed by atoms with Crippen LogP contribution in [0.3, 0.4) is 0 Å². The molecule has 2 aromatic rings. The number of aromatic nitrogens is 3. The smallest absolute Gasteiger partial charge is 0.169 e. The maximum atomic E-state index is 6.36. The summed E-state index contributed by atoms with van der Waals surface area (Å²) in [6, 6.07) is -0.0277. The Labute approximate surface area is 206 Å². The number of imidazole rings is 1. The van der Waals surface area contributed by atoms with Crippen LogP contribution in [0.25, 0.3) is 10.8 Å². The van der Waals surface area contributed by atoms with Gasteiger partial charge in [-0.15, -0.1) is 11.3 Å². The van der Waals surface area contributed by atoms with Gasteiger partial charge < -0.3 is 9.88 Å². The van der Waals surface area contributed by atoms with Crippen molar-refractivity contribution in [2.24, 2.45) is 5.92 Å². The summed E-state index contributed by atoms with van der Waals surface area (Å²) in [6.07, 6.45) is 10.4. The number of halogens is 1. The van der Waals surface area contributed by atoms with Crippen molar-refractivity contribution in [3.05, 3.63) is 57.9 Å². The van der Waals surface area contributed by atoms with Crippen LogP contribution >= 0.6 is 34.7 Å². The first kappa shape index (κ1) is 25.3. The molecule has 0 spiro atoms. The van der Waals surface area contributed by atoms with Gasteiger partial charge in [-0.3, -0.25) is 0 Å². The summed E-state index contributed by atoms with van der Waals surface area (Å²) in [5, 5.41) is 7.22. The molecule has 32 heavy (non-hydrogen) atoms. The molecule has 1 unspecified atom stereocenters. The van der Waals surface area contributed by atoms with Crippen molar-refractivity contribution in [3.8, 4) is 10.8 Å². The predicted octanol–water partition coefficient (Wildman–Crippen LogP) is 7.14. The Hall–Kier alpha value is -1.34. The van der Waals surface area contributed by atoms with Gasteiger partial charge in [-0.25, -0.2) is 9.97 Å². The average molecular weight is 491 g/mol. The lowest BCUT2D eigenvalue weighted by atomic mass is 9.96.